The summed E-state index contributed by atoms with van der Waals surface area (Å²) < 4.78 is 25.5. The van der Waals surface area contributed by atoms with Crippen LogP contribution in [0.3, 0.4) is 0 Å². The van der Waals surface area contributed by atoms with Crippen LogP contribution in [0, 0.1) is 11.6 Å². The number of hydrogen-bond acceptors (Lipinski definition) is 2. The molecule has 0 aliphatic carbocycles. The largest absolute Gasteiger partial charge is 0.352 e. The zero-order valence-electron chi connectivity index (χ0n) is 10.1. The van der Waals surface area contributed by atoms with Gasteiger partial charge in [-0.15, -0.1) is 0 Å². The van der Waals surface area contributed by atoms with E-state index in [0.29, 0.717) is 0 Å². The van der Waals surface area contributed by atoms with Gasteiger partial charge in [0.2, 0.25) is 5.91 Å². The van der Waals surface area contributed by atoms with Crippen LogP contribution in [-0.4, -0.2) is 24.4 Å². The summed E-state index contributed by atoms with van der Waals surface area (Å²) in [6.45, 7) is 3.36. The average molecular weight is 256 g/mol. The highest BCUT2D eigenvalue weighted by molar-refractivity contribution is 5.96. The van der Waals surface area contributed by atoms with Crippen molar-refractivity contribution in [1.29, 1.82) is 0 Å². The first kappa shape index (κ1) is 14.1. The summed E-state index contributed by atoms with van der Waals surface area (Å²) in [5.74, 6) is -3.10. The fourth-order valence-corrected chi connectivity index (χ4v) is 1.27. The zero-order chi connectivity index (χ0) is 13.7. The Balaban J connectivity index is 2.55. The number of rotatable bonds is 4. The molecule has 0 aliphatic rings. The van der Waals surface area contributed by atoms with Gasteiger partial charge in [-0.25, -0.2) is 8.78 Å². The molecule has 1 rings (SSSR count). The van der Waals surface area contributed by atoms with E-state index in [-0.39, 0.29) is 24.1 Å². The standard InChI is InChI=1S/C12H14F2N2O2/c1-7(2)16-11(17)6-15-12(18)8-3-4-9(13)10(14)5-8/h3-5,7H,6H2,1-2H3,(H,15,18)(H,16,17). The van der Waals surface area contributed by atoms with Crippen LogP contribution in [-0.2, 0) is 4.79 Å². The summed E-state index contributed by atoms with van der Waals surface area (Å²) >= 11 is 0. The molecule has 0 saturated heterocycles. The van der Waals surface area contributed by atoms with Gasteiger partial charge in [0.05, 0.1) is 6.54 Å². The van der Waals surface area contributed by atoms with Crippen molar-refractivity contribution in [2.45, 2.75) is 19.9 Å². The smallest absolute Gasteiger partial charge is 0.251 e. The lowest BCUT2D eigenvalue weighted by molar-refractivity contribution is -0.120. The third-order valence-corrected chi connectivity index (χ3v) is 2.04. The fraction of sp³-hybridized carbons (Fsp3) is 0.333. The van der Waals surface area contributed by atoms with Crippen molar-refractivity contribution in [3.05, 3.63) is 35.4 Å². The first-order valence-electron chi connectivity index (χ1n) is 5.42. The van der Waals surface area contributed by atoms with Crippen molar-refractivity contribution >= 4 is 11.8 Å². The lowest BCUT2D eigenvalue weighted by Crippen LogP contribution is -2.39. The lowest BCUT2D eigenvalue weighted by atomic mass is 10.2. The van der Waals surface area contributed by atoms with Crippen LogP contribution < -0.4 is 10.6 Å². The molecule has 2 N–H and O–H groups in total. The van der Waals surface area contributed by atoms with Crippen molar-refractivity contribution in [1.82, 2.24) is 10.6 Å². The van der Waals surface area contributed by atoms with Gasteiger partial charge >= 0.3 is 0 Å². The Labute approximate surface area is 103 Å². The van der Waals surface area contributed by atoms with Gasteiger partial charge in [0.1, 0.15) is 0 Å². The molecule has 2 amide bonds. The molecule has 0 spiro atoms. The molecule has 0 heterocycles. The second-order valence-corrected chi connectivity index (χ2v) is 4.03. The van der Waals surface area contributed by atoms with E-state index in [1.165, 1.54) is 0 Å². The summed E-state index contributed by atoms with van der Waals surface area (Å²) in [7, 11) is 0. The number of hydrogen-bond donors (Lipinski definition) is 2. The molecule has 0 saturated carbocycles. The number of nitrogens with one attached hydrogen (secondary N) is 2. The molecular weight excluding hydrogens is 242 g/mol. The van der Waals surface area contributed by atoms with E-state index in [4.69, 9.17) is 0 Å². The molecule has 0 atom stereocenters. The molecular formula is C12H14F2N2O2. The van der Waals surface area contributed by atoms with E-state index >= 15 is 0 Å². The van der Waals surface area contributed by atoms with Gasteiger partial charge in [0.15, 0.2) is 11.6 Å². The topological polar surface area (TPSA) is 58.2 Å². The lowest BCUT2D eigenvalue weighted by Gasteiger charge is -2.09. The van der Waals surface area contributed by atoms with Gasteiger partial charge in [-0.05, 0) is 32.0 Å². The third kappa shape index (κ3) is 4.12. The van der Waals surface area contributed by atoms with Gasteiger partial charge in [0, 0.05) is 11.6 Å². The Morgan fingerprint density at radius 3 is 2.44 bits per heavy atom. The Morgan fingerprint density at radius 1 is 1.22 bits per heavy atom. The molecule has 0 radical (unpaired) electrons. The van der Waals surface area contributed by atoms with Gasteiger partial charge in [-0.1, -0.05) is 0 Å². The maximum Gasteiger partial charge on any atom is 0.251 e. The summed E-state index contributed by atoms with van der Waals surface area (Å²) in [6, 6.07) is 2.76. The van der Waals surface area contributed by atoms with Crippen molar-refractivity contribution in [2.75, 3.05) is 6.54 Å². The zero-order valence-corrected chi connectivity index (χ0v) is 10.1. The highest BCUT2D eigenvalue weighted by Crippen LogP contribution is 2.08. The fourth-order valence-electron chi connectivity index (χ4n) is 1.27. The number of halogens is 2. The Morgan fingerprint density at radius 2 is 1.89 bits per heavy atom. The second-order valence-electron chi connectivity index (χ2n) is 4.03. The molecule has 18 heavy (non-hydrogen) atoms. The molecule has 0 aliphatic heterocycles. The van der Waals surface area contributed by atoms with Gasteiger partial charge in [-0.2, -0.15) is 0 Å². The van der Waals surface area contributed by atoms with Gasteiger partial charge < -0.3 is 10.6 Å². The maximum atomic E-state index is 12.9. The Bertz CT molecular complexity index is 461. The van der Waals surface area contributed by atoms with Crippen molar-refractivity contribution in [3.8, 4) is 0 Å². The predicted octanol–water partition coefficient (Wildman–Crippen LogP) is 1.22. The highest BCUT2D eigenvalue weighted by Gasteiger charge is 2.11. The van der Waals surface area contributed by atoms with Crippen molar-refractivity contribution < 1.29 is 18.4 Å². The van der Waals surface area contributed by atoms with Crippen molar-refractivity contribution in [3.63, 3.8) is 0 Å². The quantitative estimate of drug-likeness (QED) is 0.851. The van der Waals surface area contributed by atoms with E-state index in [0.717, 1.165) is 18.2 Å². The molecule has 0 aromatic heterocycles. The molecule has 0 fully saturated rings. The Kier molecular flexibility index (Phi) is 4.76. The van der Waals surface area contributed by atoms with Crippen LogP contribution in [0.2, 0.25) is 0 Å². The number of benzene rings is 1. The second kappa shape index (κ2) is 6.09. The number of carbonyl (C=O) groups excluding carboxylic acids is 2. The average Bonchev–Trinajstić information content (AvgIpc) is 2.28. The SMILES string of the molecule is CC(C)NC(=O)CNC(=O)c1ccc(F)c(F)c1. The molecule has 1 aromatic carbocycles. The third-order valence-electron chi connectivity index (χ3n) is 2.04. The van der Waals surface area contributed by atoms with Crippen LogP contribution in [0.5, 0.6) is 0 Å². The van der Waals surface area contributed by atoms with Crippen LogP contribution >= 0.6 is 0 Å². The monoisotopic (exact) mass is 256 g/mol. The van der Waals surface area contributed by atoms with E-state index in [9.17, 15) is 18.4 Å². The number of amides is 2. The van der Waals surface area contributed by atoms with E-state index in [1.807, 2.05) is 0 Å². The maximum absolute atomic E-state index is 12.9. The summed E-state index contributed by atoms with van der Waals surface area (Å²) in [5, 5.41) is 4.89. The van der Waals surface area contributed by atoms with E-state index in [1.54, 1.807) is 13.8 Å². The van der Waals surface area contributed by atoms with E-state index < -0.39 is 17.5 Å². The van der Waals surface area contributed by atoms with Crippen molar-refractivity contribution in [2.24, 2.45) is 0 Å². The predicted molar refractivity (Wildman–Crippen MR) is 62.0 cm³/mol. The van der Waals surface area contributed by atoms with E-state index in [2.05, 4.69) is 10.6 Å². The normalized spacial score (nSPS) is 10.3. The first-order chi connectivity index (χ1) is 8.40. The molecule has 98 valence electrons. The minimum absolute atomic E-state index is 0.0299. The van der Waals surface area contributed by atoms with Crippen LogP contribution in [0.4, 0.5) is 8.78 Å². The highest BCUT2D eigenvalue weighted by atomic mass is 19.2. The molecule has 4 nitrogen and oxygen atoms in total. The van der Waals surface area contributed by atoms with Crippen LogP contribution in [0.25, 0.3) is 0 Å². The minimum Gasteiger partial charge on any atom is -0.352 e. The van der Waals surface area contributed by atoms with Gasteiger partial charge in [0.25, 0.3) is 5.91 Å². The minimum atomic E-state index is -1.10. The molecule has 0 bridgehead atoms. The summed E-state index contributed by atoms with van der Waals surface area (Å²) in [4.78, 5) is 22.8. The Hall–Kier alpha value is -1.98. The molecule has 0 unspecified atom stereocenters. The summed E-state index contributed by atoms with van der Waals surface area (Å²) in [6.07, 6.45) is 0. The first-order valence-corrected chi connectivity index (χ1v) is 5.42. The molecule has 6 heteroatoms. The number of carbonyl (C=O) groups is 2. The van der Waals surface area contributed by atoms with Crippen LogP contribution in [0.1, 0.15) is 24.2 Å². The molecule has 1 aromatic rings. The summed E-state index contributed by atoms with van der Waals surface area (Å²) in [5.41, 5.74) is -0.0359. The van der Waals surface area contributed by atoms with Crippen LogP contribution in [0.15, 0.2) is 18.2 Å². The van der Waals surface area contributed by atoms with Gasteiger partial charge in [-0.3, -0.25) is 9.59 Å².